The zero-order valence-corrected chi connectivity index (χ0v) is 12.7. The van der Waals surface area contributed by atoms with Crippen molar-refractivity contribution in [2.45, 2.75) is 29.9 Å². The van der Waals surface area contributed by atoms with Crippen molar-refractivity contribution in [3.05, 3.63) is 48.0 Å². The summed E-state index contributed by atoms with van der Waals surface area (Å²) in [5, 5.41) is 0. The van der Waals surface area contributed by atoms with Gasteiger partial charge in [0.05, 0.1) is 0 Å². The van der Waals surface area contributed by atoms with Crippen LogP contribution >= 0.6 is 0 Å². The fraction of sp³-hybridized carbons (Fsp3) is 0.357. The number of fused-ring (bicyclic) bond motifs is 1. The highest BCUT2D eigenvalue weighted by Crippen LogP contribution is 2.41. The second kappa shape index (κ2) is 5.87. The molecule has 0 spiro atoms. The molecule has 1 aromatic rings. The molecule has 3 rings (SSSR count). The highest BCUT2D eigenvalue weighted by Gasteiger charge is 2.56. The predicted octanol–water partition coefficient (Wildman–Crippen LogP) is 1.84. The summed E-state index contributed by atoms with van der Waals surface area (Å²) in [5.74, 6) is -0.813. The summed E-state index contributed by atoms with van der Waals surface area (Å²) >= 11 is 0. The standard InChI is InChI=1S/C14H11F3O6S/c15-14(16,17)24(19,20)23-13-11(8-4-2-1-3-5-8)21-9-6-7-10(18)22-12(9)13/h1-7,9,11-13H/t9-,11+,12+,13-/m0/s1. The van der Waals surface area contributed by atoms with Crippen LogP contribution in [0, 0.1) is 0 Å². The van der Waals surface area contributed by atoms with Crippen LogP contribution in [0.25, 0.3) is 0 Å². The Balaban J connectivity index is 1.97. The van der Waals surface area contributed by atoms with E-state index in [1.54, 1.807) is 30.3 Å². The van der Waals surface area contributed by atoms with E-state index in [9.17, 15) is 26.4 Å². The first kappa shape index (κ1) is 16.9. The van der Waals surface area contributed by atoms with Gasteiger partial charge in [-0.2, -0.15) is 21.6 Å². The Morgan fingerprint density at radius 1 is 1.12 bits per heavy atom. The second-order valence-electron chi connectivity index (χ2n) is 5.15. The molecule has 0 N–H and O–H groups in total. The van der Waals surface area contributed by atoms with E-state index in [-0.39, 0.29) is 0 Å². The van der Waals surface area contributed by atoms with Crippen LogP contribution in [0.5, 0.6) is 0 Å². The number of halogens is 3. The maximum absolute atomic E-state index is 12.6. The highest BCUT2D eigenvalue weighted by atomic mass is 32.2. The normalized spacial score (nSPS) is 30.0. The van der Waals surface area contributed by atoms with Gasteiger partial charge in [0.2, 0.25) is 0 Å². The summed E-state index contributed by atoms with van der Waals surface area (Å²) in [4.78, 5) is 11.4. The summed E-state index contributed by atoms with van der Waals surface area (Å²) in [5.41, 5.74) is -5.19. The van der Waals surface area contributed by atoms with Gasteiger partial charge < -0.3 is 9.47 Å². The van der Waals surface area contributed by atoms with Gasteiger partial charge in [-0.25, -0.2) is 4.79 Å². The third-order valence-corrected chi connectivity index (χ3v) is 4.62. The highest BCUT2D eigenvalue weighted by molar-refractivity contribution is 7.87. The van der Waals surface area contributed by atoms with Crippen LogP contribution in [0.3, 0.4) is 0 Å². The summed E-state index contributed by atoms with van der Waals surface area (Å²) in [6.07, 6.45) is -2.64. The molecule has 0 aliphatic carbocycles. The van der Waals surface area contributed by atoms with Crippen LogP contribution in [-0.4, -0.2) is 38.2 Å². The van der Waals surface area contributed by atoms with Gasteiger partial charge in [0.25, 0.3) is 0 Å². The van der Waals surface area contributed by atoms with E-state index in [4.69, 9.17) is 9.47 Å². The van der Waals surface area contributed by atoms with E-state index in [1.807, 2.05) is 0 Å². The molecule has 2 heterocycles. The fourth-order valence-corrected chi connectivity index (χ4v) is 3.15. The smallest absolute Gasteiger partial charge is 0.453 e. The monoisotopic (exact) mass is 364 g/mol. The number of carbonyl (C=O) groups is 1. The Morgan fingerprint density at radius 3 is 2.42 bits per heavy atom. The maximum atomic E-state index is 12.6. The Hall–Kier alpha value is -1.91. The molecule has 6 nitrogen and oxygen atoms in total. The molecule has 1 fully saturated rings. The number of alkyl halides is 3. The van der Waals surface area contributed by atoms with Crippen molar-refractivity contribution in [3.8, 4) is 0 Å². The lowest BCUT2D eigenvalue weighted by molar-refractivity contribution is -0.149. The summed E-state index contributed by atoms with van der Waals surface area (Å²) in [7, 11) is -5.89. The fourth-order valence-electron chi connectivity index (χ4n) is 2.54. The van der Waals surface area contributed by atoms with Gasteiger partial charge in [-0.05, 0) is 11.6 Å². The summed E-state index contributed by atoms with van der Waals surface area (Å²) in [6.45, 7) is 0. The van der Waals surface area contributed by atoms with Crippen LogP contribution in [-0.2, 0) is 28.6 Å². The van der Waals surface area contributed by atoms with E-state index < -0.39 is 46.0 Å². The number of hydrogen-bond acceptors (Lipinski definition) is 6. The van der Waals surface area contributed by atoms with Crippen molar-refractivity contribution in [3.63, 3.8) is 0 Å². The van der Waals surface area contributed by atoms with Crippen LogP contribution in [0.1, 0.15) is 11.7 Å². The molecule has 1 saturated heterocycles. The lowest BCUT2D eigenvalue weighted by Gasteiger charge is -2.25. The molecule has 0 aromatic heterocycles. The topological polar surface area (TPSA) is 78.9 Å². The van der Waals surface area contributed by atoms with Gasteiger partial charge in [-0.1, -0.05) is 30.3 Å². The molecule has 0 saturated carbocycles. The minimum absolute atomic E-state index is 0.402. The second-order valence-corrected chi connectivity index (χ2v) is 6.72. The molecule has 10 heteroatoms. The molecule has 0 amide bonds. The first-order valence-corrected chi connectivity index (χ1v) is 8.19. The van der Waals surface area contributed by atoms with Crippen LogP contribution < -0.4 is 0 Å². The molecule has 0 unspecified atom stereocenters. The minimum atomic E-state index is -5.89. The molecule has 24 heavy (non-hydrogen) atoms. The van der Waals surface area contributed by atoms with Crippen molar-refractivity contribution in [1.29, 1.82) is 0 Å². The number of benzene rings is 1. The predicted molar refractivity (Wildman–Crippen MR) is 72.9 cm³/mol. The van der Waals surface area contributed by atoms with Crippen LogP contribution in [0.4, 0.5) is 13.2 Å². The van der Waals surface area contributed by atoms with Crippen molar-refractivity contribution < 1.29 is 40.0 Å². The molecule has 4 atom stereocenters. The zero-order valence-electron chi connectivity index (χ0n) is 11.8. The minimum Gasteiger partial charge on any atom is -0.453 e. The molecule has 0 radical (unpaired) electrons. The van der Waals surface area contributed by atoms with Crippen molar-refractivity contribution >= 4 is 16.1 Å². The van der Waals surface area contributed by atoms with E-state index in [1.165, 1.54) is 6.08 Å². The summed E-state index contributed by atoms with van der Waals surface area (Å²) < 4.78 is 75.5. The van der Waals surface area contributed by atoms with Crippen molar-refractivity contribution in [2.75, 3.05) is 0 Å². The Morgan fingerprint density at radius 2 is 1.79 bits per heavy atom. The van der Waals surface area contributed by atoms with E-state index in [0.717, 1.165) is 6.08 Å². The third-order valence-electron chi connectivity index (χ3n) is 3.57. The van der Waals surface area contributed by atoms with Crippen molar-refractivity contribution in [2.24, 2.45) is 0 Å². The molecular weight excluding hydrogens is 353 g/mol. The number of esters is 1. The Bertz CT molecular complexity index is 758. The van der Waals surface area contributed by atoms with E-state index in [2.05, 4.69) is 4.18 Å². The maximum Gasteiger partial charge on any atom is 0.523 e. The van der Waals surface area contributed by atoms with E-state index in [0.29, 0.717) is 5.56 Å². The largest absolute Gasteiger partial charge is 0.523 e. The number of ether oxygens (including phenoxy) is 2. The molecular formula is C14H11F3O6S. The van der Waals surface area contributed by atoms with Crippen molar-refractivity contribution in [1.82, 2.24) is 0 Å². The van der Waals surface area contributed by atoms with Gasteiger partial charge in [0.1, 0.15) is 18.3 Å². The van der Waals surface area contributed by atoms with Crippen LogP contribution in [0.2, 0.25) is 0 Å². The zero-order chi connectivity index (χ0) is 17.5. The SMILES string of the molecule is O=C1C=C[C@@H]2O[C@H](c3ccccc3)[C@H](OS(=O)(=O)C(F)(F)F)[C@@H]2O1. The Kier molecular flexibility index (Phi) is 4.14. The molecule has 0 bridgehead atoms. The van der Waals surface area contributed by atoms with Gasteiger partial charge in [-0.3, -0.25) is 4.18 Å². The number of carbonyl (C=O) groups excluding carboxylic acids is 1. The van der Waals surface area contributed by atoms with Gasteiger partial charge >= 0.3 is 21.6 Å². The van der Waals surface area contributed by atoms with Gasteiger partial charge in [-0.15, -0.1) is 0 Å². The average molecular weight is 364 g/mol. The first-order valence-electron chi connectivity index (χ1n) is 6.78. The average Bonchev–Trinajstić information content (AvgIpc) is 2.85. The molecule has 1 aromatic carbocycles. The molecule has 130 valence electrons. The quantitative estimate of drug-likeness (QED) is 0.463. The van der Waals surface area contributed by atoms with Gasteiger partial charge in [0.15, 0.2) is 6.10 Å². The lowest BCUT2D eigenvalue weighted by atomic mass is 10.0. The number of rotatable bonds is 3. The third kappa shape index (κ3) is 3.04. The summed E-state index contributed by atoms with van der Waals surface area (Å²) in [6, 6.07) is 7.98. The molecule has 2 aliphatic rings. The first-order chi connectivity index (χ1) is 11.2. The Labute approximate surface area is 134 Å². The number of hydrogen-bond donors (Lipinski definition) is 0. The van der Waals surface area contributed by atoms with Gasteiger partial charge in [0, 0.05) is 6.08 Å². The lowest BCUT2D eigenvalue weighted by Crippen LogP contribution is -2.42. The van der Waals surface area contributed by atoms with Crippen LogP contribution in [0.15, 0.2) is 42.5 Å². The van der Waals surface area contributed by atoms with E-state index >= 15 is 0 Å². The molecule has 2 aliphatic heterocycles.